The first-order valence-electron chi connectivity index (χ1n) is 20.6. The zero-order chi connectivity index (χ0) is 45.5. The van der Waals surface area contributed by atoms with Gasteiger partial charge in [-0.25, -0.2) is 0 Å². The minimum atomic E-state index is -0.0330. The Hall–Kier alpha value is -8.36. The van der Waals surface area contributed by atoms with Gasteiger partial charge < -0.3 is 20.4 Å². The van der Waals surface area contributed by atoms with E-state index in [4.69, 9.17) is 15.1 Å². The van der Waals surface area contributed by atoms with E-state index in [1.54, 1.807) is 73.1 Å². The van der Waals surface area contributed by atoms with E-state index in [0.29, 0.717) is 57.2 Å². The van der Waals surface area contributed by atoms with Crippen molar-refractivity contribution < 1.29 is 20.4 Å². The first-order chi connectivity index (χ1) is 31.2. The lowest BCUT2D eigenvalue weighted by atomic mass is 9.98. The van der Waals surface area contributed by atoms with Gasteiger partial charge in [0.1, 0.15) is 23.0 Å². The molecule has 0 aromatic heterocycles. The highest BCUT2D eigenvalue weighted by Gasteiger charge is 2.14. The lowest BCUT2D eigenvalue weighted by Gasteiger charge is -2.11. The lowest BCUT2D eigenvalue weighted by molar-refractivity contribution is 0.431. The summed E-state index contributed by atoms with van der Waals surface area (Å²) in [6.07, 6.45) is 12.4. The summed E-state index contributed by atoms with van der Waals surface area (Å²) < 4.78 is 0. The number of allylic oxidation sites excluding steroid dienone is 5. The molecule has 0 aliphatic carbocycles. The Morgan fingerprint density at radius 2 is 1.05 bits per heavy atom. The standard InChI is InChI=1S/C42H36N4O3.C7H8O.C7H8/c1-3-4-6-19-33(47)26-27-36(30-15-7-5-8-16-30)46-40-25-12-11-24-39(40)45-29-32-18-14-21-35(42(32)49)34-20-13-17-31(41(34)48)28-44-38-23-10-9-22-37(38)43-2;1-6-4-2-3-5-7(6)8;1-7-5-3-2-4-6-7/h3-26,28-29,47-49H,2,27H2,1H3;2-5,8H,1H3;2-6H,1H3/b4-3-,19-6-,33-26?,44-28?,45-29?,46-36?;;. The van der Waals surface area contributed by atoms with Crippen molar-refractivity contribution in [2.75, 3.05) is 0 Å². The van der Waals surface area contributed by atoms with Crippen molar-refractivity contribution in [2.24, 2.45) is 20.0 Å². The van der Waals surface area contributed by atoms with E-state index < -0.39 is 0 Å². The third-order valence-corrected chi connectivity index (χ3v) is 9.54. The predicted molar refractivity (Wildman–Crippen MR) is 268 cm³/mol. The number of aliphatic imine (C=N–C) groups is 4. The van der Waals surface area contributed by atoms with Crippen molar-refractivity contribution in [3.63, 3.8) is 0 Å². The number of aliphatic hydroxyl groups is 1. The molecule has 0 aliphatic heterocycles. The molecule has 0 unspecified atom stereocenters. The van der Waals surface area contributed by atoms with Crippen LogP contribution in [0.3, 0.4) is 0 Å². The minimum absolute atomic E-state index is 0.0230. The summed E-state index contributed by atoms with van der Waals surface area (Å²) in [4.78, 5) is 18.2. The van der Waals surface area contributed by atoms with Gasteiger partial charge in [-0.05, 0) is 93.2 Å². The van der Waals surface area contributed by atoms with Crippen LogP contribution in [-0.2, 0) is 0 Å². The number of hydrogen-bond acceptors (Lipinski definition) is 8. The van der Waals surface area contributed by atoms with Gasteiger partial charge in [0.05, 0.1) is 28.5 Å². The molecule has 64 heavy (non-hydrogen) atoms. The van der Waals surface area contributed by atoms with Gasteiger partial charge in [0.25, 0.3) is 0 Å². The number of phenols is 3. The van der Waals surface area contributed by atoms with E-state index in [0.717, 1.165) is 16.8 Å². The molecule has 0 bridgehead atoms. The SMILES string of the molecule is C=Nc1ccccc1N=Cc1cccc(-c2cccc(C=Nc3ccccc3N=C(CC=C(O)/C=C\C=C/C)c3ccccc3)c2O)c1O.Cc1ccccc1.Cc1ccccc1O. The third-order valence-electron chi connectivity index (χ3n) is 9.54. The molecule has 0 amide bonds. The van der Waals surface area contributed by atoms with E-state index in [9.17, 15) is 15.3 Å². The van der Waals surface area contributed by atoms with Gasteiger partial charge in [-0.3, -0.25) is 20.0 Å². The van der Waals surface area contributed by atoms with Gasteiger partial charge in [-0.2, -0.15) is 0 Å². The normalized spacial score (nSPS) is 11.7. The Morgan fingerprint density at radius 1 is 0.547 bits per heavy atom. The average Bonchev–Trinajstić information content (AvgIpc) is 3.32. The van der Waals surface area contributed by atoms with Crippen molar-refractivity contribution in [1.82, 2.24) is 0 Å². The summed E-state index contributed by atoms with van der Waals surface area (Å²) in [6, 6.07) is 52.7. The van der Waals surface area contributed by atoms with E-state index in [2.05, 4.69) is 35.8 Å². The number of phenolic OH excluding ortho intramolecular Hbond substituents is 3. The van der Waals surface area contributed by atoms with Crippen LogP contribution in [0.4, 0.5) is 22.7 Å². The summed E-state index contributed by atoms with van der Waals surface area (Å²) in [6.45, 7) is 9.46. The minimum Gasteiger partial charge on any atom is -0.508 e. The number of rotatable bonds is 12. The van der Waals surface area contributed by atoms with Crippen LogP contribution in [0.25, 0.3) is 11.1 Å². The molecular formula is C56H52N4O4. The first-order valence-corrected chi connectivity index (χ1v) is 20.6. The van der Waals surface area contributed by atoms with Crippen molar-refractivity contribution in [1.29, 1.82) is 0 Å². The van der Waals surface area contributed by atoms with Crippen molar-refractivity contribution in [3.8, 4) is 28.4 Å². The number of hydrogen-bond donors (Lipinski definition) is 4. The molecular weight excluding hydrogens is 793 g/mol. The monoisotopic (exact) mass is 844 g/mol. The highest BCUT2D eigenvalue weighted by molar-refractivity contribution is 6.03. The van der Waals surface area contributed by atoms with Gasteiger partial charge in [0, 0.05) is 41.1 Å². The second-order valence-electron chi connectivity index (χ2n) is 14.2. The topological polar surface area (TPSA) is 130 Å². The predicted octanol–water partition coefficient (Wildman–Crippen LogP) is 14.4. The molecule has 0 saturated carbocycles. The number of aliphatic hydroxyl groups excluding tert-OH is 1. The van der Waals surface area contributed by atoms with Gasteiger partial charge in [-0.15, -0.1) is 0 Å². The van der Waals surface area contributed by atoms with Gasteiger partial charge in [0.15, 0.2) is 0 Å². The zero-order valence-electron chi connectivity index (χ0n) is 36.2. The molecule has 0 spiro atoms. The first kappa shape index (κ1) is 46.7. The van der Waals surface area contributed by atoms with Crippen LogP contribution in [0.5, 0.6) is 17.2 Å². The van der Waals surface area contributed by atoms with Crippen LogP contribution < -0.4 is 0 Å². The number of benzene rings is 7. The molecule has 0 fully saturated rings. The fraction of sp³-hybridized carbons (Fsp3) is 0.0714. The van der Waals surface area contributed by atoms with E-state index in [-0.39, 0.29) is 17.3 Å². The van der Waals surface area contributed by atoms with Crippen molar-refractivity contribution >= 4 is 47.6 Å². The molecule has 0 radical (unpaired) electrons. The van der Waals surface area contributed by atoms with Gasteiger partial charge in [-0.1, -0.05) is 151 Å². The summed E-state index contributed by atoms with van der Waals surface area (Å²) in [5.74, 6) is 0.453. The van der Waals surface area contributed by atoms with E-state index in [1.807, 2.05) is 141 Å². The molecule has 0 atom stereocenters. The number of aryl methyl sites for hydroxylation is 2. The molecule has 4 N–H and O–H groups in total. The van der Waals surface area contributed by atoms with Crippen LogP contribution in [-0.4, -0.2) is 45.3 Å². The van der Waals surface area contributed by atoms with Crippen LogP contribution in [0.1, 0.15) is 41.2 Å². The largest absolute Gasteiger partial charge is 0.508 e. The smallest absolute Gasteiger partial charge is 0.132 e. The maximum Gasteiger partial charge on any atom is 0.132 e. The molecule has 7 aromatic rings. The summed E-state index contributed by atoms with van der Waals surface area (Å²) in [7, 11) is 0. The Balaban J connectivity index is 0.000000431. The molecule has 7 rings (SSSR count). The molecule has 0 aliphatic rings. The van der Waals surface area contributed by atoms with E-state index >= 15 is 0 Å². The Labute approximate surface area is 376 Å². The second kappa shape index (κ2) is 24.8. The fourth-order valence-corrected chi connectivity index (χ4v) is 6.06. The van der Waals surface area contributed by atoms with E-state index in [1.165, 1.54) is 5.56 Å². The van der Waals surface area contributed by atoms with Crippen molar-refractivity contribution in [2.45, 2.75) is 27.2 Å². The van der Waals surface area contributed by atoms with Crippen LogP contribution in [0.15, 0.2) is 226 Å². The van der Waals surface area contributed by atoms with Gasteiger partial charge in [0.2, 0.25) is 0 Å². The average molecular weight is 845 g/mol. The molecule has 8 heteroatoms. The molecule has 0 saturated heterocycles. The fourth-order valence-electron chi connectivity index (χ4n) is 6.06. The number of para-hydroxylation sites is 7. The lowest BCUT2D eigenvalue weighted by Crippen LogP contribution is -1.99. The van der Waals surface area contributed by atoms with Crippen LogP contribution in [0.2, 0.25) is 0 Å². The Bertz CT molecular complexity index is 2770. The Kier molecular flexibility index (Phi) is 18.1. The molecule has 0 heterocycles. The summed E-state index contributed by atoms with van der Waals surface area (Å²) >= 11 is 0. The van der Waals surface area contributed by atoms with Crippen molar-refractivity contribution in [3.05, 3.63) is 234 Å². The third kappa shape index (κ3) is 14.1. The zero-order valence-corrected chi connectivity index (χ0v) is 36.2. The summed E-state index contributed by atoms with van der Waals surface area (Å²) in [5.41, 5.74) is 8.22. The summed E-state index contributed by atoms with van der Waals surface area (Å²) in [5, 5.41) is 41.8. The van der Waals surface area contributed by atoms with Crippen LogP contribution in [0, 0.1) is 13.8 Å². The molecule has 7 aromatic carbocycles. The second-order valence-corrected chi connectivity index (χ2v) is 14.2. The van der Waals surface area contributed by atoms with Crippen LogP contribution >= 0.6 is 0 Å². The quantitative estimate of drug-likeness (QED) is 0.0554. The number of aromatic hydroxyl groups is 3. The highest BCUT2D eigenvalue weighted by Crippen LogP contribution is 2.39. The molecule has 320 valence electrons. The Morgan fingerprint density at radius 3 is 1.55 bits per heavy atom. The maximum atomic E-state index is 11.4. The number of nitrogens with zero attached hydrogens (tertiary/aromatic N) is 4. The highest BCUT2D eigenvalue weighted by atomic mass is 16.3. The van der Waals surface area contributed by atoms with Gasteiger partial charge >= 0.3 is 0 Å². The maximum absolute atomic E-state index is 11.4. The molecule has 8 nitrogen and oxygen atoms in total.